The summed E-state index contributed by atoms with van der Waals surface area (Å²) in [5.74, 6) is 1.93. The molecule has 0 unspecified atom stereocenters. The molecule has 0 atom stereocenters. The Hall–Kier alpha value is -4.57. The van der Waals surface area contributed by atoms with Gasteiger partial charge in [-0.25, -0.2) is 15.0 Å². The van der Waals surface area contributed by atoms with Gasteiger partial charge < -0.3 is 34.7 Å². The van der Waals surface area contributed by atoms with Crippen LogP contribution < -0.4 is 20.7 Å². The second-order valence-electron chi connectivity index (χ2n) is 10.9. The number of hydrogen-bond acceptors (Lipinski definition) is 8. The number of aryl methyl sites for hydroxylation is 3. The van der Waals surface area contributed by atoms with Crippen molar-refractivity contribution >= 4 is 33.9 Å². The van der Waals surface area contributed by atoms with Crippen LogP contribution in [0.25, 0.3) is 33.5 Å². The van der Waals surface area contributed by atoms with Crippen molar-refractivity contribution in [1.82, 2.24) is 29.0 Å². The number of nitrogens with one attached hydrogen (secondary N) is 1. The monoisotopic (exact) mass is 551 g/mol. The maximum absolute atomic E-state index is 6.53. The van der Waals surface area contributed by atoms with E-state index in [9.17, 15) is 0 Å². The van der Waals surface area contributed by atoms with E-state index in [1.165, 1.54) is 16.5 Å². The molecule has 0 spiro atoms. The molecular formula is C31H37N9O. The Morgan fingerprint density at radius 3 is 2.71 bits per heavy atom. The van der Waals surface area contributed by atoms with Gasteiger partial charge >= 0.3 is 0 Å². The quantitative estimate of drug-likeness (QED) is 0.253. The first-order chi connectivity index (χ1) is 19.8. The molecule has 41 heavy (non-hydrogen) atoms. The zero-order chi connectivity index (χ0) is 28.7. The standard InChI is InChI=1S/C31H37N9O/c1-37(2)14-15-38(3)26-17-27(41-5)25(16-24(26)32)35-31-34-18-22(30-33-11-13-39(30)4)28(36-31)23-19-40-12-7-9-20-8-6-10-21(23)29(20)40/h6,8,10-11,13,16-19H,7,9,12,14-15,32H2,1-5H3,(H,34,35,36). The van der Waals surface area contributed by atoms with E-state index in [1.54, 1.807) is 13.3 Å². The Balaban J connectivity index is 1.43. The Morgan fingerprint density at radius 1 is 1.10 bits per heavy atom. The number of anilines is 4. The Labute approximate surface area is 240 Å². The molecule has 1 aliphatic rings. The van der Waals surface area contributed by atoms with Gasteiger partial charge in [0.2, 0.25) is 5.95 Å². The molecule has 0 amide bonds. The molecule has 0 saturated heterocycles. The van der Waals surface area contributed by atoms with Crippen LogP contribution in [-0.2, 0) is 20.0 Å². The minimum absolute atomic E-state index is 0.455. The minimum atomic E-state index is 0.455. The summed E-state index contributed by atoms with van der Waals surface area (Å²) in [4.78, 5) is 18.7. The maximum atomic E-state index is 6.53. The first-order valence-electron chi connectivity index (χ1n) is 13.9. The third-order valence-corrected chi connectivity index (χ3v) is 7.82. The lowest BCUT2D eigenvalue weighted by Gasteiger charge is -2.24. The Kier molecular flexibility index (Phi) is 7.00. The highest BCUT2D eigenvalue weighted by molar-refractivity contribution is 6.00. The van der Waals surface area contributed by atoms with Gasteiger partial charge in [0.05, 0.1) is 40.9 Å². The lowest BCUT2D eigenvalue weighted by Crippen LogP contribution is -2.29. The summed E-state index contributed by atoms with van der Waals surface area (Å²) in [5.41, 5.74) is 14.2. The number of ether oxygens (including phenoxy) is 1. The zero-order valence-corrected chi connectivity index (χ0v) is 24.3. The number of imidazole rings is 1. The number of para-hydroxylation sites is 1. The maximum Gasteiger partial charge on any atom is 0.227 e. The average Bonchev–Trinajstić information content (AvgIpc) is 3.56. The van der Waals surface area contributed by atoms with Crippen molar-refractivity contribution in [3.05, 3.63) is 60.7 Å². The van der Waals surface area contributed by atoms with Crippen LogP contribution in [0, 0.1) is 0 Å². The van der Waals surface area contributed by atoms with E-state index in [4.69, 9.17) is 20.4 Å². The summed E-state index contributed by atoms with van der Waals surface area (Å²) in [6.07, 6.45) is 10.0. The molecule has 1 aliphatic heterocycles. The number of methoxy groups -OCH3 is 1. The van der Waals surface area contributed by atoms with E-state index in [0.717, 1.165) is 60.8 Å². The van der Waals surface area contributed by atoms with Gasteiger partial charge in [0.25, 0.3) is 0 Å². The minimum Gasteiger partial charge on any atom is -0.494 e. The molecule has 5 aromatic rings. The second kappa shape index (κ2) is 10.8. The van der Waals surface area contributed by atoms with Crippen molar-refractivity contribution in [1.29, 1.82) is 0 Å². The van der Waals surface area contributed by atoms with Gasteiger partial charge in [0.15, 0.2) is 0 Å². The lowest BCUT2D eigenvalue weighted by atomic mass is 10.0. The molecule has 212 valence electrons. The fourth-order valence-electron chi connectivity index (χ4n) is 5.65. The topological polar surface area (TPSA) is 102 Å². The van der Waals surface area contributed by atoms with Crippen molar-refractivity contribution in [3.63, 3.8) is 0 Å². The van der Waals surface area contributed by atoms with E-state index < -0.39 is 0 Å². The molecule has 4 heterocycles. The van der Waals surface area contributed by atoms with Crippen molar-refractivity contribution in [3.8, 4) is 28.4 Å². The number of hydrogen-bond donors (Lipinski definition) is 2. The summed E-state index contributed by atoms with van der Waals surface area (Å²) >= 11 is 0. The fourth-order valence-corrected chi connectivity index (χ4v) is 5.65. The van der Waals surface area contributed by atoms with Crippen LogP contribution in [0.5, 0.6) is 5.75 Å². The highest BCUT2D eigenvalue weighted by Crippen LogP contribution is 2.40. The predicted octanol–water partition coefficient (Wildman–Crippen LogP) is 4.78. The van der Waals surface area contributed by atoms with E-state index in [2.05, 4.69) is 63.2 Å². The number of nitrogens with zero attached hydrogens (tertiary/aromatic N) is 7. The first kappa shape index (κ1) is 26.6. The fraction of sp³-hybridized carbons (Fsp3) is 0.323. The van der Waals surface area contributed by atoms with Crippen LogP contribution in [0.2, 0.25) is 0 Å². The molecule has 3 aromatic heterocycles. The number of rotatable bonds is 9. The van der Waals surface area contributed by atoms with Gasteiger partial charge in [-0.05, 0) is 38.6 Å². The number of benzene rings is 2. The van der Waals surface area contributed by atoms with Gasteiger partial charge in [-0.15, -0.1) is 0 Å². The molecule has 10 heteroatoms. The predicted molar refractivity (Wildman–Crippen MR) is 166 cm³/mol. The lowest BCUT2D eigenvalue weighted by molar-refractivity contribution is 0.413. The summed E-state index contributed by atoms with van der Waals surface area (Å²) in [6.45, 7) is 2.74. The Morgan fingerprint density at radius 2 is 1.95 bits per heavy atom. The SMILES string of the molecule is COc1cc(N(C)CCN(C)C)c(N)cc1Nc1ncc(-c2nccn2C)c(-c2cn3c4c(cccc24)CCC3)n1. The van der Waals surface area contributed by atoms with Crippen LogP contribution in [0.3, 0.4) is 0 Å². The third-order valence-electron chi connectivity index (χ3n) is 7.82. The van der Waals surface area contributed by atoms with Crippen molar-refractivity contribution in [2.24, 2.45) is 7.05 Å². The summed E-state index contributed by atoms with van der Waals surface area (Å²) in [6, 6.07) is 10.4. The molecule has 0 radical (unpaired) electrons. The van der Waals surface area contributed by atoms with Crippen LogP contribution >= 0.6 is 0 Å². The summed E-state index contributed by atoms with van der Waals surface area (Å²) in [5, 5.41) is 4.57. The number of aromatic nitrogens is 5. The van der Waals surface area contributed by atoms with Crippen LogP contribution in [-0.4, -0.2) is 70.3 Å². The Bertz CT molecular complexity index is 1720. The van der Waals surface area contributed by atoms with E-state index in [1.807, 2.05) is 43.2 Å². The zero-order valence-electron chi connectivity index (χ0n) is 24.3. The molecule has 10 nitrogen and oxygen atoms in total. The van der Waals surface area contributed by atoms with Gasteiger partial charge in [-0.2, -0.15) is 0 Å². The second-order valence-corrected chi connectivity index (χ2v) is 10.9. The van der Waals surface area contributed by atoms with E-state index >= 15 is 0 Å². The molecule has 6 rings (SSSR count). The van der Waals surface area contributed by atoms with E-state index in [0.29, 0.717) is 23.1 Å². The normalized spacial score (nSPS) is 12.7. The summed E-state index contributed by atoms with van der Waals surface area (Å²) in [7, 11) is 9.79. The van der Waals surface area contributed by atoms with Crippen LogP contribution in [0.15, 0.2) is 55.1 Å². The molecule has 2 aromatic carbocycles. The van der Waals surface area contributed by atoms with Crippen molar-refractivity contribution < 1.29 is 4.74 Å². The smallest absolute Gasteiger partial charge is 0.227 e. The van der Waals surface area contributed by atoms with Crippen molar-refractivity contribution in [2.75, 3.05) is 57.3 Å². The number of likely N-dealkylation sites (N-methyl/N-ethyl adjacent to an activating group) is 2. The number of nitrogens with two attached hydrogens (primary N) is 1. The molecular weight excluding hydrogens is 514 g/mol. The number of nitrogen functional groups attached to an aromatic ring is 1. The van der Waals surface area contributed by atoms with Gasteiger partial charge in [-0.3, -0.25) is 0 Å². The highest BCUT2D eigenvalue weighted by atomic mass is 16.5. The first-order valence-corrected chi connectivity index (χ1v) is 13.9. The molecule has 3 N–H and O–H groups in total. The largest absolute Gasteiger partial charge is 0.494 e. The van der Waals surface area contributed by atoms with Gasteiger partial charge in [0.1, 0.15) is 11.6 Å². The van der Waals surface area contributed by atoms with Crippen LogP contribution in [0.1, 0.15) is 12.0 Å². The molecule has 0 saturated carbocycles. The van der Waals surface area contributed by atoms with Gasteiger partial charge in [0, 0.05) is 75.5 Å². The molecule has 0 aliphatic carbocycles. The highest BCUT2D eigenvalue weighted by Gasteiger charge is 2.23. The third kappa shape index (κ3) is 4.95. The molecule has 0 bridgehead atoms. The van der Waals surface area contributed by atoms with Gasteiger partial charge in [-0.1, -0.05) is 18.2 Å². The molecule has 0 fully saturated rings. The summed E-state index contributed by atoms with van der Waals surface area (Å²) < 4.78 is 10.1. The van der Waals surface area contributed by atoms with E-state index in [-0.39, 0.29) is 0 Å². The average molecular weight is 552 g/mol. The van der Waals surface area contributed by atoms with Crippen molar-refractivity contribution in [2.45, 2.75) is 19.4 Å². The van der Waals surface area contributed by atoms with Crippen LogP contribution in [0.4, 0.5) is 23.0 Å².